The quantitative estimate of drug-likeness (QED) is 0.861. The van der Waals surface area contributed by atoms with Gasteiger partial charge in [0.2, 0.25) is 0 Å². The average Bonchev–Trinajstić information content (AvgIpc) is 2.75. The molecule has 0 unspecified atom stereocenters. The van der Waals surface area contributed by atoms with Gasteiger partial charge in [-0.25, -0.2) is 9.18 Å². The Morgan fingerprint density at radius 2 is 2.30 bits per heavy atom. The second-order valence-electron chi connectivity index (χ2n) is 3.94. The largest absolute Gasteiger partial charge is 0.462 e. The lowest BCUT2D eigenvalue weighted by molar-refractivity contribution is 0.0527. The number of hydrogen-bond donors (Lipinski definition) is 1. The molecule has 0 amide bonds. The Labute approximate surface area is 124 Å². The van der Waals surface area contributed by atoms with Gasteiger partial charge in [0.15, 0.2) is 0 Å². The first-order chi connectivity index (χ1) is 9.52. The second-order valence-corrected chi connectivity index (χ2v) is 5.12. The molecule has 2 rings (SSSR count). The maximum absolute atomic E-state index is 13.2. The van der Waals surface area contributed by atoms with E-state index in [0.29, 0.717) is 27.0 Å². The van der Waals surface area contributed by atoms with E-state index in [2.05, 4.69) is 9.69 Å². The van der Waals surface area contributed by atoms with Gasteiger partial charge < -0.3 is 10.1 Å². The molecule has 0 saturated carbocycles. The van der Waals surface area contributed by atoms with Crippen LogP contribution in [0.3, 0.4) is 0 Å². The molecule has 0 saturated heterocycles. The number of nitrogens with one attached hydrogen (secondary N) is 1. The predicted molar refractivity (Wildman–Crippen MR) is 77.5 cm³/mol. The minimum atomic E-state index is -0.464. The van der Waals surface area contributed by atoms with Gasteiger partial charge in [0.05, 0.1) is 23.0 Å². The fourth-order valence-corrected chi connectivity index (χ4v) is 2.58. The van der Waals surface area contributed by atoms with E-state index in [0.717, 1.165) is 11.5 Å². The number of anilines is 2. The van der Waals surface area contributed by atoms with Crippen molar-refractivity contribution >= 4 is 39.8 Å². The molecule has 106 valence electrons. The standard InChI is InChI=1S/C13H12ClFN2O2S/c1-3-19-13(18)11-7(2)17-20-12(11)16-10-6-8(15)4-5-9(10)14/h4-6,16H,3H2,1-2H3. The zero-order valence-electron chi connectivity index (χ0n) is 10.9. The van der Waals surface area contributed by atoms with Crippen molar-refractivity contribution in [2.75, 3.05) is 11.9 Å². The normalized spacial score (nSPS) is 10.4. The molecule has 0 radical (unpaired) electrons. The molecule has 0 spiro atoms. The molecular formula is C13H12ClFN2O2S. The molecule has 20 heavy (non-hydrogen) atoms. The number of aryl methyl sites for hydroxylation is 1. The van der Waals surface area contributed by atoms with Crippen LogP contribution < -0.4 is 5.32 Å². The summed E-state index contributed by atoms with van der Waals surface area (Å²) in [4.78, 5) is 11.9. The fourth-order valence-electron chi connectivity index (χ4n) is 1.61. The van der Waals surface area contributed by atoms with E-state index in [-0.39, 0.29) is 6.61 Å². The maximum Gasteiger partial charge on any atom is 0.343 e. The van der Waals surface area contributed by atoms with Crippen molar-refractivity contribution in [3.63, 3.8) is 0 Å². The van der Waals surface area contributed by atoms with Crippen LogP contribution in [0, 0.1) is 12.7 Å². The highest BCUT2D eigenvalue weighted by atomic mass is 35.5. The Morgan fingerprint density at radius 1 is 1.55 bits per heavy atom. The molecule has 2 aromatic rings. The Hall–Kier alpha value is -1.66. The van der Waals surface area contributed by atoms with E-state index in [9.17, 15) is 9.18 Å². The van der Waals surface area contributed by atoms with Crippen LogP contribution in [-0.2, 0) is 4.74 Å². The summed E-state index contributed by atoms with van der Waals surface area (Å²) in [6.07, 6.45) is 0. The van der Waals surface area contributed by atoms with E-state index in [4.69, 9.17) is 16.3 Å². The van der Waals surface area contributed by atoms with Crippen molar-refractivity contribution in [2.24, 2.45) is 0 Å². The number of ether oxygens (including phenoxy) is 1. The number of hydrogen-bond acceptors (Lipinski definition) is 5. The zero-order valence-corrected chi connectivity index (χ0v) is 12.4. The van der Waals surface area contributed by atoms with E-state index in [1.807, 2.05) is 0 Å². The van der Waals surface area contributed by atoms with Gasteiger partial charge in [-0.1, -0.05) is 11.6 Å². The van der Waals surface area contributed by atoms with Crippen LogP contribution in [0.1, 0.15) is 23.0 Å². The lowest BCUT2D eigenvalue weighted by Gasteiger charge is -2.08. The van der Waals surface area contributed by atoms with Crippen molar-refractivity contribution in [2.45, 2.75) is 13.8 Å². The zero-order chi connectivity index (χ0) is 14.7. The lowest BCUT2D eigenvalue weighted by Crippen LogP contribution is -2.07. The summed E-state index contributed by atoms with van der Waals surface area (Å²) in [6.45, 7) is 3.71. The summed E-state index contributed by atoms with van der Waals surface area (Å²) < 4.78 is 22.3. The number of carbonyl (C=O) groups is 1. The Balaban J connectivity index is 2.34. The second kappa shape index (κ2) is 6.19. The SMILES string of the molecule is CCOC(=O)c1c(C)nsc1Nc1cc(F)ccc1Cl. The highest BCUT2D eigenvalue weighted by Gasteiger charge is 2.20. The van der Waals surface area contributed by atoms with E-state index < -0.39 is 11.8 Å². The average molecular weight is 315 g/mol. The first-order valence-corrected chi connectivity index (χ1v) is 7.03. The molecule has 1 N–H and O–H groups in total. The fraction of sp³-hybridized carbons (Fsp3) is 0.231. The summed E-state index contributed by atoms with van der Waals surface area (Å²) in [5.41, 5.74) is 1.28. The van der Waals surface area contributed by atoms with Crippen molar-refractivity contribution in [3.8, 4) is 0 Å². The van der Waals surface area contributed by atoms with Gasteiger partial charge in [-0.3, -0.25) is 0 Å². The van der Waals surface area contributed by atoms with E-state index >= 15 is 0 Å². The van der Waals surface area contributed by atoms with Crippen molar-refractivity contribution in [1.29, 1.82) is 0 Å². The molecule has 1 aromatic heterocycles. The van der Waals surface area contributed by atoms with Crippen LogP contribution in [0.5, 0.6) is 0 Å². The molecule has 1 heterocycles. The number of aromatic nitrogens is 1. The third kappa shape index (κ3) is 3.08. The van der Waals surface area contributed by atoms with Crippen LogP contribution in [0.4, 0.5) is 15.1 Å². The highest BCUT2D eigenvalue weighted by molar-refractivity contribution is 7.10. The minimum absolute atomic E-state index is 0.272. The summed E-state index contributed by atoms with van der Waals surface area (Å²) in [6, 6.07) is 3.96. The van der Waals surface area contributed by atoms with Crippen LogP contribution in [0.25, 0.3) is 0 Å². The van der Waals surface area contributed by atoms with Gasteiger partial charge in [0.1, 0.15) is 16.4 Å². The first-order valence-electron chi connectivity index (χ1n) is 5.88. The van der Waals surface area contributed by atoms with Crippen LogP contribution in [0.15, 0.2) is 18.2 Å². The van der Waals surface area contributed by atoms with Crippen molar-refractivity contribution in [3.05, 3.63) is 40.3 Å². The Morgan fingerprint density at radius 3 is 3.00 bits per heavy atom. The van der Waals surface area contributed by atoms with Gasteiger partial charge in [-0.05, 0) is 43.6 Å². The number of rotatable bonds is 4. The Kier molecular flexibility index (Phi) is 4.57. The summed E-state index contributed by atoms with van der Waals surface area (Å²) in [5.74, 6) is -0.885. The van der Waals surface area contributed by atoms with Gasteiger partial charge in [-0.2, -0.15) is 4.37 Å². The van der Waals surface area contributed by atoms with Crippen molar-refractivity contribution in [1.82, 2.24) is 4.37 Å². The Bertz CT molecular complexity index is 645. The molecule has 0 aliphatic carbocycles. The summed E-state index contributed by atoms with van der Waals surface area (Å²) >= 11 is 7.08. The van der Waals surface area contributed by atoms with Gasteiger partial charge in [-0.15, -0.1) is 0 Å². The highest BCUT2D eigenvalue weighted by Crippen LogP contribution is 2.32. The third-order valence-corrected chi connectivity index (χ3v) is 3.70. The van der Waals surface area contributed by atoms with Crippen LogP contribution >= 0.6 is 23.1 Å². The maximum atomic E-state index is 13.2. The number of halogens is 2. The molecule has 1 aromatic carbocycles. The van der Waals surface area contributed by atoms with E-state index in [1.54, 1.807) is 13.8 Å². The topological polar surface area (TPSA) is 51.2 Å². The smallest absolute Gasteiger partial charge is 0.343 e. The monoisotopic (exact) mass is 314 g/mol. The van der Waals surface area contributed by atoms with Gasteiger partial charge in [0, 0.05) is 0 Å². The molecule has 0 fully saturated rings. The van der Waals surface area contributed by atoms with Crippen molar-refractivity contribution < 1.29 is 13.9 Å². The molecule has 0 bridgehead atoms. The predicted octanol–water partition coefficient (Wildman–Crippen LogP) is 4.16. The molecule has 4 nitrogen and oxygen atoms in total. The molecule has 0 aliphatic heterocycles. The number of esters is 1. The molecular weight excluding hydrogens is 303 g/mol. The number of nitrogens with zero attached hydrogens (tertiary/aromatic N) is 1. The van der Waals surface area contributed by atoms with Gasteiger partial charge in [0.25, 0.3) is 0 Å². The number of benzene rings is 1. The molecule has 0 atom stereocenters. The molecule has 0 aliphatic rings. The summed E-state index contributed by atoms with van der Waals surface area (Å²) in [7, 11) is 0. The van der Waals surface area contributed by atoms with E-state index in [1.165, 1.54) is 18.2 Å². The van der Waals surface area contributed by atoms with Crippen LogP contribution in [0.2, 0.25) is 5.02 Å². The number of carbonyl (C=O) groups excluding carboxylic acids is 1. The van der Waals surface area contributed by atoms with Gasteiger partial charge >= 0.3 is 5.97 Å². The van der Waals surface area contributed by atoms with Crippen LogP contribution in [-0.4, -0.2) is 16.9 Å². The lowest BCUT2D eigenvalue weighted by atomic mass is 10.2. The summed E-state index contributed by atoms with van der Waals surface area (Å²) in [5, 5.41) is 3.76. The third-order valence-electron chi connectivity index (χ3n) is 2.52. The minimum Gasteiger partial charge on any atom is -0.462 e. The molecule has 7 heteroatoms. The first kappa shape index (κ1) is 14.7.